The lowest BCUT2D eigenvalue weighted by atomic mass is 10.0. The van der Waals surface area contributed by atoms with Crippen molar-refractivity contribution in [3.63, 3.8) is 0 Å². The van der Waals surface area contributed by atoms with E-state index in [1.54, 1.807) is 0 Å². The first kappa shape index (κ1) is 15.9. The van der Waals surface area contributed by atoms with Crippen molar-refractivity contribution in [1.29, 1.82) is 0 Å². The Kier molecular flexibility index (Phi) is 5.94. The van der Waals surface area contributed by atoms with E-state index in [4.69, 9.17) is 23.2 Å². The molecule has 3 nitrogen and oxygen atoms in total. The standard InChI is InChI=1S/C15H23Cl2N3/c1-10-8-13(16)20-15(17)14(10)19-11(2)9-12-6-4-3-5-7-18-12/h8,11-12,18-19H,3-7,9H2,1-2H3. The summed E-state index contributed by atoms with van der Waals surface area (Å²) in [6.45, 7) is 5.33. The van der Waals surface area contributed by atoms with Gasteiger partial charge in [0.2, 0.25) is 0 Å². The fourth-order valence-electron chi connectivity index (χ4n) is 2.80. The number of hydrogen-bond acceptors (Lipinski definition) is 3. The number of anilines is 1. The monoisotopic (exact) mass is 315 g/mol. The quantitative estimate of drug-likeness (QED) is 0.807. The topological polar surface area (TPSA) is 37.0 Å². The van der Waals surface area contributed by atoms with Gasteiger partial charge in [0.05, 0.1) is 5.69 Å². The van der Waals surface area contributed by atoms with Crippen LogP contribution in [0.25, 0.3) is 0 Å². The van der Waals surface area contributed by atoms with Gasteiger partial charge in [0, 0.05) is 12.1 Å². The Labute approximate surface area is 131 Å². The molecular formula is C15H23Cl2N3. The Morgan fingerprint density at radius 3 is 2.95 bits per heavy atom. The molecule has 0 aromatic carbocycles. The maximum atomic E-state index is 6.17. The Morgan fingerprint density at radius 1 is 1.40 bits per heavy atom. The first-order chi connectivity index (χ1) is 9.56. The highest BCUT2D eigenvalue weighted by atomic mass is 35.5. The van der Waals surface area contributed by atoms with Gasteiger partial charge in [-0.05, 0) is 51.3 Å². The van der Waals surface area contributed by atoms with Gasteiger partial charge < -0.3 is 10.6 Å². The van der Waals surface area contributed by atoms with Gasteiger partial charge >= 0.3 is 0 Å². The fourth-order valence-corrected chi connectivity index (χ4v) is 3.39. The molecule has 1 aliphatic heterocycles. The van der Waals surface area contributed by atoms with E-state index >= 15 is 0 Å². The zero-order valence-corrected chi connectivity index (χ0v) is 13.7. The summed E-state index contributed by atoms with van der Waals surface area (Å²) in [4.78, 5) is 4.10. The summed E-state index contributed by atoms with van der Waals surface area (Å²) < 4.78 is 0. The Bertz CT molecular complexity index is 420. The second-order valence-corrected chi connectivity index (χ2v) is 6.45. The van der Waals surface area contributed by atoms with Gasteiger partial charge in [-0.3, -0.25) is 0 Å². The summed E-state index contributed by atoms with van der Waals surface area (Å²) in [5, 5.41) is 8.00. The van der Waals surface area contributed by atoms with Crippen molar-refractivity contribution in [2.75, 3.05) is 11.9 Å². The molecule has 5 heteroatoms. The number of aryl methyl sites for hydroxylation is 1. The van der Waals surface area contributed by atoms with E-state index in [9.17, 15) is 0 Å². The van der Waals surface area contributed by atoms with E-state index in [1.807, 2.05) is 13.0 Å². The largest absolute Gasteiger partial charge is 0.380 e. The predicted octanol–water partition coefficient (Wildman–Crippen LogP) is 4.42. The minimum absolute atomic E-state index is 0.352. The average molecular weight is 316 g/mol. The Hall–Kier alpha value is -0.510. The second-order valence-electron chi connectivity index (χ2n) is 5.71. The van der Waals surface area contributed by atoms with E-state index in [1.165, 1.54) is 25.7 Å². The molecule has 1 aromatic heterocycles. The van der Waals surface area contributed by atoms with Crippen LogP contribution in [0.1, 0.15) is 44.6 Å². The number of hydrogen-bond donors (Lipinski definition) is 2. The molecule has 0 spiro atoms. The number of pyridine rings is 1. The molecular weight excluding hydrogens is 293 g/mol. The molecule has 0 aliphatic carbocycles. The van der Waals surface area contributed by atoms with Crippen LogP contribution in [0.15, 0.2) is 6.07 Å². The van der Waals surface area contributed by atoms with Crippen molar-refractivity contribution in [2.24, 2.45) is 0 Å². The SMILES string of the molecule is Cc1cc(Cl)nc(Cl)c1NC(C)CC1CCCCCN1. The van der Waals surface area contributed by atoms with Crippen LogP contribution < -0.4 is 10.6 Å². The zero-order valence-electron chi connectivity index (χ0n) is 12.2. The minimum Gasteiger partial charge on any atom is -0.380 e. The molecule has 112 valence electrons. The van der Waals surface area contributed by atoms with Crippen molar-refractivity contribution >= 4 is 28.9 Å². The zero-order chi connectivity index (χ0) is 14.5. The van der Waals surface area contributed by atoms with Crippen molar-refractivity contribution in [3.05, 3.63) is 21.9 Å². The van der Waals surface area contributed by atoms with Gasteiger partial charge in [-0.25, -0.2) is 4.98 Å². The Morgan fingerprint density at radius 2 is 2.20 bits per heavy atom. The molecule has 1 aromatic rings. The van der Waals surface area contributed by atoms with Crippen LogP contribution in [-0.4, -0.2) is 23.6 Å². The average Bonchev–Trinajstić information content (AvgIpc) is 2.62. The molecule has 0 saturated carbocycles. The summed E-state index contributed by atoms with van der Waals surface area (Å²) >= 11 is 12.1. The number of aromatic nitrogens is 1. The van der Waals surface area contributed by atoms with Crippen molar-refractivity contribution < 1.29 is 0 Å². The number of nitrogens with zero attached hydrogens (tertiary/aromatic N) is 1. The number of nitrogens with one attached hydrogen (secondary N) is 2. The van der Waals surface area contributed by atoms with Gasteiger partial charge in [-0.1, -0.05) is 36.0 Å². The molecule has 2 atom stereocenters. The van der Waals surface area contributed by atoms with E-state index in [0.29, 0.717) is 22.4 Å². The van der Waals surface area contributed by atoms with Gasteiger partial charge in [-0.2, -0.15) is 0 Å². The lowest BCUT2D eigenvalue weighted by Crippen LogP contribution is -2.33. The van der Waals surface area contributed by atoms with E-state index in [-0.39, 0.29) is 0 Å². The maximum absolute atomic E-state index is 6.17. The van der Waals surface area contributed by atoms with Gasteiger partial charge in [0.15, 0.2) is 5.15 Å². The first-order valence-corrected chi connectivity index (χ1v) is 8.14. The lowest BCUT2D eigenvalue weighted by molar-refractivity contribution is 0.456. The number of rotatable bonds is 4. The molecule has 1 fully saturated rings. The lowest BCUT2D eigenvalue weighted by Gasteiger charge is -2.23. The third-order valence-corrected chi connectivity index (χ3v) is 4.30. The van der Waals surface area contributed by atoms with Crippen LogP contribution in [0.2, 0.25) is 10.3 Å². The van der Waals surface area contributed by atoms with Crippen LogP contribution >= 0.6 is 23.2 Å². The molecule has 20 heavy (non-hydrogen) atoms. The molecule has 1 saturated heterocycles. The first-order valence-electron chi connectivity index (χ1n) is 7.39. The summed E-state index contributed by atoms with van der Waals surface area (Å²) in [5.74, 6) is 0. The van der Waals surface area contributed by atoms with Crippen molar-refractivity contribution in [3.8, 4) is 0 Å². The van der Waals surface area contributed by atoms with Crippen LogP contribution in [0, 0.1) is 6.92 Å². The van der Waals surface area contributed by atoms with Crippen LogP contribution in [0.3, 0.4) is 0 Å². The molecule has 2 heterocycles. The van der Waals surface area contributed by atoms with E-state index < -0.39 is 0 Å². The highest BCUT2D eigenvalue weighted by Crippen LogP contribution is 2.27. The van der Waals surface area contributed by atoms with Crippen LogP contribution in [-0.2, 0) is 0 Å². The Balaban J connectivity index is 1.95. The fraction of sp³-hybridized carbons (Fsp3) is 0.667. The van der Waals surface area contributed by atoms with Crippen LogP contribution in [0.4, 0.5) is 5.69 Å². The molecule has 0 bridgehead atoms. The second kappa shape index (κ2) is 7.48. The molecule has 2 unspecified atom stereocenters. The third-order valence-electron chi connectivity index (χ3n) is 3.83. The van der Waals surface area contributed by atoms with Crippen molar-refractivity contribution in [2.45, 2.75) is 58.0 Å². The molecule has 1 aliphatic rings. The summed E-state index contributed by atoms with van der Waals surface area (Å²) in [6, 6.07) is 2.79. The highest BCUT2D eigenvalue weighted by Gasteiger charge is 2.16. The van der Waals surface area contributed by atoms with Gasteiger partial charge in [0.1, 0.15) is 5.15 Å². The van der Waals surface area contributed by atoms with E-state index in [0.717, 1.165) is 24.2 Å². The number of halogens is 2. The summed E-state index contributed by atoms with van der Waals surface area (Å²) in [5.41, 5.74) is 1.94. The summed E-state index contributed by atoms with van der Waals surface area (Å²) in [6.07, 6.45) is 6.32. The minimum atomic E-state index is 0.352. The normalized spacial score (nSPS) is 21.3. The van der Waals surface area contributed by atoms with Crippen molar-refractivity contribution in [1.82, 2.24) is 10.3 Å². The van der Waals surface area contributed by atoms with Crippen LogP contribution in [0.5, 0.6) is 0 Å². The third kappa shape index (κ3) is 4.51. The molecule has 2 N–H and O–H groups in total. The smallest absolute Gasteiger partial charge is 0.154 e. The molecule has 0 amide bonds. The maximum Gasteiger partial charge on any atom is 0.154 e. The highest BCUT2D eigenvalue weighted by molar-refractivity contribution is 6.34. The predicted molar refractivity (Wildman–Crippen MR) is 87.0 cm³/mol. The summed E-state index contributed by atoms with van der Waals surface area (Å²) in [7, 11) is 0. The molecule has 2 rings (SSSR count). The van der Waals surface area contributed by atoms with E-state index in [2.05, 4.69) is 22.5 Å². The van der Waals surface area contributed by atoms with Gasteiger partial charge in [0.25, 0.3) is 0 Å². The van der Waals surface area contributed by atoms with Gasteiger partial charge in [-0.15, -0.1) is 0 Å². The molecule has 0 radical (unpaired) electrons.